The van der Waals surface area contributed by atoms with Crippen molar-refractivity contribution in [3.8, 4) is 5.75 Å². The Morgan fingerprint density at radius 2 is 1.53 bits per heavy atom. The number of phenols is 1. The highest BCUT2D eigenvalue weighted by Gasteiger charge is 2.20. The van der Waals surface area contributed by atoms with Gasteiger partial charge in [-0.25, -0.2) is 0 Å². The molecule has 1 aromatic rings. The molecule has 0 atom stereocenters. The predicted molar refractivity (Wildman–Crippen MR) is 59.1 cm³/mol. The molecule has 0 heterocycles. The summed E-state index contributed by atoms with van der Waals surface area (Å²) in [5.74, 6) is 0.106. The van der Waals surface area contributed by atoms with Crippen molar-refractivity contribution in [2.45, 2.75) is 0 Å². The molecule has 5 nitrogen and oxygen atoms in total. The van der Waals surface area contributed by atoms with E-state index < -0.39 is 10.2 Å². The molecule has 0 aliphatic carbocycles. The number of nitrogens with zero attached hydrogens (tertiary/aromatic N) is 2. The Balaban J connectivity index is 3.05. The van der Waals surface area contributed by atoms with Gasteiger partial charge in [-0.15, -0.1) is 0 Å². The summed E-state index contributed by atoms with van der Waals surface area (Å²) in [6, 6.07) is 5.96. The minimum absolute atomic E-state index is 0.106. The minimum Gasteiger partial charge on any atom is -0.508 e. The van der Waals surface area contributed by atoms with Crippen LogP contribution in [0.1, 0.15) is 0 Å². The summed E-state index contributed by atoms with van der Waals surface area (Å²) in [5, 5.41) is 9.07. The van der Waals surface area contributed by atoms with E-state index in [9.17, 15) is 8.42 Å². The van der Waals surface area contributed by atoms with Crippen LogP contribution < -0.4 is 4.31 Å². The number of anilines is 1. The van der Waals surface area contributed by atoms with Gasteiger partial charge in [0.1, 0.15) is 5.75 Å². The zero-order valence-electron chi connectivity index (χ0n) is 8.88. The standard InChI is InChI=1S/C9H14N2O3S/c1-10(2)15(13,14)11(3)8-4-6-9(12)7-5-8/h4-7,12H,1-3H3. The van der Waals surface area contributed by atoms with Crippen LogP contribution in [0.5, 0.6) is 5.75 Å². The molecule has 1 N–H and O–H groups in total. The van der Waals surface area contributed by atoms with E-state index in [2.05, 4.69) is 0 Å². The Morgan fingerprint density at radius 3 is 1.93 bits per heavy atom. The van der Waals surface area contributed by atoms with E-state index in [0.717, 1.165) is 8.61 Å². The zero-order valence-corrected chi connectivity index (χ0v) is 9.69. The molecular weight excluding hydrogens is 216 g/mol. The van der Waals surface area contributed by atoms with Gasteiger partial charge in [-0.05, 0) is 24.3 Å². The van der Waals surface area contributed by atoms with Crippen LogP contribution in [0.4, 0.5) is 5.69 Å². The molecule has 0 fully saturated rings. The van der Waals surface area contributed by atoms with Crippen molar-refractivity contribution in [3.05, 3.63) is 24.3 Å². The Bertz CT molecular complexity index is 425. The van der Waals surface area contributed by atoms with Crippen LogP contribution in [0.2, 0.25) is 0 Å². The van der Waals surface area contributed by atoms with Gasteiger partial charge in [0.15, 0.2) is 0 Å². The van der Waals surface area contributed by atoms with Gasteiger partial charge in [0, 0.05) is 21.1 Å². The van der Waals surface area contributed by atoms with Crippen molar-refractivity contribution in [1.82, 2.24) is 4.31 Å². The van der Waals surface area contributed by atoms with Gasteiger partial charge in [0.05, 0.1) is 5.69 Å². The van der Waals surface area contributed by atoms with Gasteiger partial charge in [-0.2, -0.15) is 12.7 Å². The lowest BCUT2D eigenvalue weighted by molar-refractivity contribution is 0.475. The van der Waals surface area contributed by atoms with Crippen LogP contribution >= 0.6 is 0 Å². The van der Waals surface area contributed by atoms with E-state index in [-0.39, 0.29) is 5.75 Å². The van der Waals surface area contributed by atoms with Gasteiger partial charge in [-0.3, -0.25) is 4.31 Å². The molecule has 0 aromatic heterocycles. The monoisotopic (exact) mass is 230 g/mol. The van der Waals surface area contributed by atoms with E-state index in [1.807, 2.05) is 0 Å². The molecule has 0 aliphatic rings. The highest BCUT2D eigenvalue weighted by molar-refractivity contribution is 7.90. The van der Waals surface area contributed by atoms with Crippen molar-refractivity contribution < 1.29 is 13.5 Å². The number of phenolic OH excluding ortho intramolecular Hbond substituents is 1. The van der Waals surface area contributed by atoms with E-state index in [0.29, 0.717) is 5.69 Å². The van der Waals surface area contributed by atoms with Crippen molar-refractivity contribution in [2.24, 2.45) is 0 Å². The van der Waals surface area contributed by atoms with Gasteiger partial charge < -0.3 is 5.11 Å². The maximum atomic E-state index is 11.7. The van der Waals surface area contributed by atoms with Crippen LogP contribution in [0.15, 0.2) is 24.3 Å². The molecule has 0 unspecified atom stereocenters. The fourth-order valence-electron chi connectivity index (χ4n) is 1.04. The average molecular weight is 230 g/mol. The third-order valence-electron chi connectivity index (χ3n) is 2.02. The van der Waals surface area contributed by atoms with Gasteiger partial charge in [-0.1, -0.05) is 0 Å². The lowest BCUT2D eigenvalue weighted by Gasteiger charge is -2.23. The molecule has 1 aromatic carbocycles. The molecule has 0 bridgehead atoms. The van der Waals surface area contributed by atoms with Crippen LogP contribution in [0, 0.1) is 0 Å². The van der Waals surface area contributed by atoms with E-state index in [1.165, 1.54) is 45.4 Å². The second-order valence-electron chi connectivity index (χ2n) is 3.27. The first-order chi connectivity index (χ1) is 6.85. The Morgan fingerprint density at radius 1 is 1.07 bits per heavy atom. The Labute approximate surface area is 89.7 Å². The maximum absolute atomic E-state index is 11.7. The molecule has 0 saturated heterocycles. The van der Waals surface area contributed by atoms with Gasteiger partial charge in [0.2, 0.25) is 0 Å². The maximum Gasteiger partial charge on any atom is 0.303 e. The normalized spacial score (nSPS) is 11.7. The molecule has 0 amide bonds. The fraction of sp³-hybridized carbons (Fsp3) is 0.333. The van der Waals surface area contributed by atoms with Crippen LogP contribution in [-0.2, 0) is 10.2 Å². The summed E-state index contributed by atoms with van der Waals surface area (Å²) < 4.78 is 25.7. The third-order valence-corrected chi connectivity index (χ3v) is 3.85. The Kier molecular flexibility index (Phi) is 3.21. The van der Waals surface area contributed by atoms with Gasteiger partial charge in [0.25, 0.3) is 0 Å². The lowest BCUT2D eigenvalue weighted by Crippen LogP contribution is -2.37. The summed E-state index contributed by atoms with van der Waals surface area (Å²) in [6.45, 7) is 0. The highest BCUT2D eigenvalue weighted by atomic mass is 32.2. The third kappa shape index (κ3) is 2.40. The first kappa shape index (κ1) is 11.8. The zero-order chi connectivity index (χ0) is 11.6. The molecule has 0 aliphatic heterocycles. The summed E-state index contributed by atoms with van der Waals surface area (Å²) in [6.07, 6.45) is 0. The summed E-state index contributed by atoms with van der Waals surface area (Å²) in [7, 11) is 0.931. The number of aromatic hydroxyl groups is 1. The minimum atomic E-state index is -3.46. The van der Waals surface area contributed by atoms with Crippen LogP contribution in [-0.4, -0.2) is 39.0 Å². The molecule has 0 saturated carbocycles. The molecule has 0 radical (unpaired) electrons. The quantitative estimate of drug-likeness (QED) is 0.828. The van der Waals surface area contributed by atoms with Gasteiger partial charge >= 0.3 is 10.2 Å². The van der Waals surface area contributed by atoms with E-state index >= 15 is 0 Å². The van der Waals surface area contributed by atoms with Crippen molar-refractivity contribution >= 4 is 15.9 Å². The van der Waals surface area contributed by atoms with E-state index in [4.69, 9.17) is 5.11 Å². The molecule has 84 valence electrons. The van der Waals surface area contributed by atoms with Crippen molar-refractivity contribution in [2.75, 3.05) is 25.4 Å². The largest absolute Gasteiger partial charge is 0.508 e. The molecule has 15 heavy (non-hydrogen) atoms. The first-order valence-electron chi connectivity index (χ1n) is 4.31. The second-order valence-corrected chi connectivity index (χ2v) is 5.45. The van der Waals surface area contributed by atoms with Crippen molar-refractivity contribution in [1.29, 1.82) is 0 Å². The first-order valence-corrected chi connectivity index (χ1v) is 5.71. The number of hydrogen-bond acceptors (Lipinski definition) is 3. The van der Waals surface area contributed by atoms with Crippen LogP contribution in [0.3, 0.4) is 0 Å². The number of hydrogen-bond donors (Lipinski definition) is 1. The average Bonchev–Trinajstić information content (AvgIpc) is 2.17. The lowest BCUT2D eigenvalue weighted by atomic mass is 10.3. The highest BCUT2D eigenvalue weighted by Crippen LogP contribution is 2.20. The molecule has 6 heteroatoms. The molecular formula is C9H14N2O3S. The fourth-order valence-corrected chi connectivity index (χ4v) is 1.92. The summed E-state index contributed by atoms with van der Waals surface area (Å²) in [5.41, 5.74) is 0.501. The second kappa shape index (κ2) is 4.08. The molecule has 1 rings (SSSR count). The SMILES string of the molecule is CN(C)S(=O)(=O)N(C)c1ccc(O)cc1. The summed E-state index contributed by atoms with van der Waals surface area (Å²) >= 11 is 0. The van der Waals surface area contributed by atoms with Crippen LogP contribution in [0.25, 0.3) is 0 Å². The van der Waals surface area contributed by atoms with Crippen molar-refractivity contribution in [3.63, 3.8) is 0 Å². The topological polar surface area (TPSA) is 60.9 Å². The predicted octanol–water partition coefficient (Wildman–Crippen LogP) is 0.635. The number of rotatable bonds is 3. The number of benzene rings is 1. The smallest absolute Gasteiger partial charge is 0.303 e. The molecule has 0 spiro atoms. The van der Waals surface area contributed by atoms with E-state index in [1.54, 1.807) is 0 Å². The Hall–Kier alpha value is -1.27. The summed E-state index contributed by atoms with van der Waals surface area (Å²) in [4.78, 5) is 0.